The third-order valence-electron chi connectivity index (χ3n) is 1.36. The van der Waals surface area contributed by atoms with Crippen LogP contribution in [0.4, 0.5) is 8.78 Å². The van der Waals surface area contributed by atoms with Crippen molar-refractivity contribution in [3.8, 4) is 0 Å². The van der Waals surface area contributed by atoms with Gasteiger partial charge in [-0.3, -0.25) is 4.79 Å². The minimum absolute atomic E-state index is 0.112. The number of carbonyl (C=O) groups is 1. The van der Waals surface area contributed by atoms with Crippen molar-refractivity contribution in [2.24, 2.45) is 0 Å². The van der Waals surface area contributed by atoms with E-state index in [1.54, 1.807) is 22.6 Å². The standard InChI is InChI=1S/C7H3ClF2INO/c8-6-5(7(9)10)3(2-13)1-4(11)12-6/h1-2,7H. The summed E-state index contributed by atoms with van der Waals surface area (Å²) in [6.07, 6.45) is -2.44. The number of aldehydes is 1. The van der Waals surface area contributed by atoms with Crippen molar-refractivity contribution in [2.45, 2.75) is 6.43 Å². The SMILES string of the molecule is O=Cc1cc(I)nc(Cl)c1C(F)F. The van der Waals surface area contributed by atoms with E-state index in [1.807, 2.05) is 0 Å². The first-order valence-electron chi connectivity index (χ1n) is 3.15. The number of pyridine rings is 1. The van der Waals surface area contributed by atoms with E-state index in [2.05, 4.69) is 4.98 Å². The number of hydrogen-bond donors (Lipinski definition) is 0. The van der Waals surface area contributed by atoms with Crippen LogP contribution in [0.25, 0.3) is 0 Å². The minimum Gasteiger partial charge on any atom is -0.298 e. The van der Waals surface area contributed by atoms with Crippen LogP contribution < -0.4 is 0 Å². The van der Waals surface area contributed by atoms with Gasteiger partial charge >= 0.3 is 0 Å². The van der Waals surface area contributed by atoms with Crippen LogP contribution in [0.2, 0.25) is 5.15 Å². The Labute approximate surface area is 91.4 Å². The molecule has 2 nitrogen and oxygen atoms in total. The molecule has 0 N–H and O–H groups in total. The van der Waals surface area contributed by atoms with Crippen LogP contribution in [0.15, 0.2) is 6.07 Å². The second-order valence-electron chi connectivity index (χ2n) is 2.16. The van der Waals surface area contributed by atoms with Crippen LogP contribution in [-0.2, 0) is 0 Å². The maximum Gasteiger partial charge on any atom is 0.267 e. The predicted octanol–water partition coefficient (Wildman–Crippen LogP) is 3.09. The predicted molar refractivity (Wildman–Crippen MR) is 52.3 cm³/mol. The van der Waals surface area contributed by atoms with Gasteiger partial charge in [0.15, 0.2) is 6.29 Å². The largest absolute Gasteiger partial charge is 0.298 e. The molecular formula is C7H3ClF2INO. The van der Waals surface area contributed by atoms with E-state index in [-0.39, 0.29) is 10.7 Å². The van der Waals surface area contributed by atoms with Gasteiger partial charge in [-0.15, -0.1) is 0 Å². The van der Waals surface area contributed by atoms with Gasteiger partial charge in [0.05, 0.1) is 5.56 Å². The van der Waals surface area contributed by atoms with Crippen LogP contribution in [-0.4, -0.2) is 11.3 Å². The summed E-state index contributed by atoms with van der Waals surface area (Å²) in [4.78, 5) is 14.0. The number of rotatable bonds is 2. The monoisotopic (exact) mass is 317 g/mol. The molecule has 1 aromatic heterocycles. The molecule has 1 rings (SSSR count). The Morgan fingerprint density at radius 2 is 2.23 bits per heavy atom. The summed E-state index contributed by atoms with van der Waals surface area (Å²) in [5.41, 5.74) is -0.614. The zero-order chi connectivity index (χ0) is 10.0. The summed E-state index contributed by atoms with van der Waals surface area (Å²) in [5, 5.41) is -0.316. The van der Waals surface area contributed by atoms with Gasteiger partial charge in [-0.1, -0.05) is 11.6 Å². The molecule has 0 saturated carbocycles. The van der Waals surface area contributed by atoms with E-state index in [0.717, 1.165) is 0 Å². The van der Waals surface area contributed by atoms with Crippen molar-refractivity contribution < 1.29 is 13.6 Å². The zero-order valence-electron chi connectivity index (χ0n) is 6.10. The van der Waals surface area contributed by atoms with Gasteiger partial charge < -0.3 is 0 Å². The molecular weight excluding hydrogens is 314 g/mol. The molecule has 0 bridgehead atoms. The molecule has 0 spiro atoms. The van der Waals surface area contributed by atoms with Crippen LogP contribution in [0.5, 0.6) is 0 Å². The average Bonchev–Trinajstić information content (AvgIpc) is 2.01. The molecule has 70 valence electrons. The second kappa shape index (κ2) is 4.28. The maximum absolute atomic E-state index is 12.3. The molecule has 0 aliphatic rings. The summed E-state index contributed by atoms with van der Waals surface area (Å²) in [7, 11) is 0. The third-order valence-corrected chi connectivity index (χ3v) is 2.20. The number of aromatic nitrogens is 1. The first kappa shape index (κ1) is 10.8. The molecule has 0 saturated heterocycles. The maximum atomic E-state index is 12.3. The van der Waals surface area contributed by atoms with E-state index < -0.39 is 12.0 Å². The minimum atomic E-state index is -2.78. The molecule has 0 unspecified atom stereocenters. The number of alkyl halides is 2. The Kier molecular flexibility index (Phi) is 3.55. The van der Waals surface area contributed by atoms with Gasteiger partial charge in [0, 0.05) is 5.56 Å². The lowest BCUT2D eigenvalue weighted by atomic mass is 10.2. The smallest absolute Gasteiger partial charge is 0.267 e. The van der Waals surface area contributed by atoms with E-state index in [1.165, 1.54) is 6.07 Å². The highest BCUT2D eigenvalue weighted by Gasteiger charge is 2.18. The highest BCUT2D eigenvalue weighted by atomic mass is 127. The van der Waals surface area contributed by atoms with Crippen molar-refractivity contribution in [1.29, 1.82) is 0 Å². The van der Waals surface area contributed by atoms with Gasteiger partial charge in [-0.25, -0.2) is 13.8 Å². The molecule has 13 heavy (non-hydrogen) atoms. The fourth-order valence-corrected chi connectivity index (χ4v) is 1.83. The van der Waals surface area contributed by atoms with Crippen LogP contribution >= 0.6 is 34.2 Å². The molecule has 0 fully saturated rings. The lowest BCUT2D eigenvalue weighted by Gasteiger charge is -2.05. The van der Waals surface area contributed by atoms with E-state index in [4.69, 9.17) is 11.6 Å². The average molecular weight is 317 g/mol. The first-order valence-corrected chi connectivity index (χ1v) is 4.61. The summed E-state index contributed by atoms with van der Waals surface area (Å²) in [6, 6.07) is 1.26. The van der Waals surface area contributed by atoms with Gasteiger partial charge in [-0.05, 0) is 28.7 Å². The first-order chi connectivity index (χ1) is 6.06. The number of hydrogen-bond acceptors (Lipinski definition) is 2. The fraction of sp³-hybridized carbons (Fsp3) is 0.143. The highest BCUT2D eigenvalue weighted by Crippen LogP contribution is 2.28. The Morgan fingerprint density at radius 1 is 1.62 bits per heavy atom. The molecule has 0 aromatic carbocycles. The van der Waals surface area contributed by atoms with Crippen molar-refractivity contribution >= 4 is 40.5 Å². The molecule has 1 heterocycles. The molecule has 0 amide bonds. The molecule has 0 atom stereocenters. The Hall–Kier alpha value is -0.300. The zero-order valence-corrected chi connectivity index (χ0v) is 9.01. The molecule has 0 aliphatic heterocycles. The van der Waals surface area contributed by atoms with Gasteiger partial charge in [0.25, 0.3) is 6.43 Å². The third kappa shape index (κ3) is 2.34. The Balaban J connectivity index is 3.38. The number of nitrogens with zero attached hydrogens (tertiary/aromatic N) is 1. The van der Waals surface area contributed by atoms with Crippen molar-refractivity contribution in [1.82, 2.24) is 4.98 Å². The van der Waals surface area contributed by atoms with E-state index >= 15 is 0 Å². The highest BCUT2D eigenvalue weighted by molar-refractivity contribution is 14.1. The Bertz CT molecular complexity index is 346. The summed E-state index contributed by atoms with van der Waals surface area (Å²) in [5.74, 6) is 0. The molecule has 0 radical (unpaired) electrons. The second-order valence-corrected chi connectivity index (χ2v) is 3.62. The fourth-order valence-electron chi connectivity index (χ4n) is 0.825. The summed E-state index contributed by atoms with van der Waals surface area (Å²) >= 11 is 7.25. The lowest BCUT2D eigenvalue weighted by molar-refractivity contribution is 0.110. The van der Waals surface area contributed by atoms with Gasteiger partial charge in [-0.2, -0.15) is 0 Å². The normalized spacial score (nSPS) is 10.5. The number of carbonyl (C=O) groups excluding carboxylic acids is 1. The Morgan fingerprint density at radius 3 is 2.69 bits per heavy atom. The van der Waals surface area contributed by atoms with Gasteiger partial charge in [0.2, 0.25) is 0 Å². The quantitative estimate of drug-likeness (QED) is 0.477. The molecule has 0 aliphatic carbocycles. The van der Waals surface area contributed by atoms with Gasteiger partial charge in [0.1, 0.15) is 8.85 Å². The number of halogens is 4. The van der Waals surface area contributed by atoms with Crippen molar-refractivity contribution in [3.63, 3.8) is 0 Å². The van der Waals surface area contributed by atoms with Crippen LogP contribution in [0.3, 0.4) is 0 Å². The topological polar surface area (TPSA) is 30.0 Å². The summed E-state index contributed by atoms with van der Waals surface area (Å²) < 4.78 is 25.1. The molecule has 1 aromatic rings. The van der Waals surface area contributed by atoms with Crippen molar-refractivity contribution in [2.75, 3.05) is 0 Å². The van der Waals surface area contributed by atoms with Crippen LogP contribution in [0, 0.1) is 3.70 Å². The van der Waals surface area contributed by atoms with Crippen molar-refractivity contribution in [3.05, 3.63) is 26.0 Å². The van der Waals surface area contributed by atoms with E-state index in [9.17, 15) is 13.6 Å². The summed E-state index contributed by atoms with van der Waals surface area (Å²) in [6.45, 7) is 0. The lowest BCUT2D eigenvalue weighted by Crippen LogP contribution is -1.98. The molecule has 6 heteroatoms. The van der Waals surface area contributed by atoms with Crippen LogP contribution in [0.1, 0.15) is 22.3 Å². The van der Waals surface area contributed by atoms with E-state index in [0.29, 0.717) is 9.99 Å².